The second-order valence-electron chi connectivity index (χ2n) is 5.05. The van der Waals surface area contributed by atoms with Crippen LogP contribution in [0, 0.1) is 11.3 Å². The van der Waals surface area contributed by atoms with Crippen LogP contribution in [0.3, 0.4) is 0 Å². The number of thiophene rings is 1. The van der Waals surface area contributed by atoms with Gasteiger partial charge in [0, 0.05) is 26.7 Å². The van der Waals surface area contributed by atoms with Gasteiger partial charge in [0.25, 0.3) is 5.91 Å². The van der Waals surface area contributed by atoms with Gasteiger partial charge in [0.05, 0.1) is 5.69 Å². The van der Waals surface area contributed by atoms with E-state index in [-0.39, 0.29) is 11.6 Å². The average molecular weight is 295 g/mol. The van der Waals surface area contributed by atoms with Crippen LogP contribution in [-0.4, -0.2) is 56.5 Å². The maximum absolute atomic E-state index is 12.0. The first-order valence-corrected chi connectivity index (χ1v) is 7.05. The van der Waals surface area contributed by atoms with Crippen molar-refractivity contribution in [3.63, 3.8) is 0 Å². The van der Waals surface area contributed by atoms with Crippen molar-refractivity contribution in [3.8, 4) is 6.07 Å². The summed E-state index contributed by atoms with van der Waals surface area (Å²) in [5.74, 6) is -0.183. The van der Waals surface area contributed by atoms with Gasteiger partial charge in [-0.1, -0.05) is 0 Å². The van der Waals surface area contributed by atoms with Crippen LogP contribution in [0.1, 0.15) is 22.2 Å². The Morgan fingerprint density at radius 3 is 2.50 bits per heavy atom. The molecule has 7 heteroatoms. The predicted octanol–water partition coefficient (Wildman–Crippen LogP) is 1.27. The number of carbonyl (C=O) groups excluding carboxylic acids is 1. The van der Waals surface area contributed by atoms with Crippen LogP contribution in [0.4, 0.5) is 10.7 Å². The number of nitrogen functional groups attached to an aromatic ring is 1. The van der Waals surface area contributed by atoms with E-state index in [0.29, 0.717) is 28.0 Å². The molecule has 0 aliphatic heterocycles. The molecule has 0 saturated carbocycles. The second-order valence-corrected chi connectivity index (χ2v) is 6.07. The van der Waals surface area contributed by atoms with Crippen LogP contribution in [0.15, 0.2) is 0 Å². The second kappa shape index (κ2) is 6.59. The number of nitriles is 1. The zero-order valence-corrected chi connectivity index (χ0v) is 13.3. The van der Waals surface area contributed by atoms with Gasteiger partial charge in [-0.2, -0.15) is 5.26 Å². The Morgan fingerprint density at radius 2 is 2.05 bits per heavy atom. The fraction of sp³-hybridized carbons (Fsp3) is 0.538. The number of carbonyl (C=O) groups is 1. The van der Waals surface area contributed by atoms with Gasteiger partial charge in [-0.25, -0.2) is 0 Å². The summed E-state index contributed by atoms with van der Waals surface area (Å²) in [4.78, 5) is 15.9. The quantitative estimate of drug-likeness (QED) is 0.854. The van der Waals surface area contributed by atoms with E-state index in [1.165, 1.54) is 16.2 Å². The monoisotopic (exact) mass is 295 g/mol. The van der Waals surface area contributed by atoms with Gasteiger partial charge < -0.3 is 20.9 Å². The lowest BCUT2D eigenvalue weighted by Gasteiger charge is -2.20. The Labute approximate surface area is 123 Å². The minimum absolute atomic E-state index is 0.183. The Kier molecular flexibility index (Phi) is 5.36. The predicted molar refractivity (Wildman–Crippen MR) is 83.1 cm³/mol. The summed E-state index contributed by atoms with van der Waals surface area (Å²) in [5.41, 5.74) is 6.52. The number of nitrogens with one attached hydrogen (secondary N) is 1. The Balaban J connectivity index is 3.01. The number of nitrogens with zero attached hydrogens (tertiary/aromatic N) is 3. The minimum atomic E-state index is -0.183. The lowest BCUT2D eigenvalue weighted by molar-refractivity contribution is 0.0833. The maximum Gasteiger partial charge on any atom is 0.265 e. The molecule has 1 rings (SSSR count). The molecule has 0 spiro atoms. The molecule has 1 aromatic heterocycles. The zero-order chi connectivity index (χ0) is 15.4. The number of hydrogen-bond donors (Lipinski definition) is 2. The van der Waals surface area contributed by atoms with Crippen LogP contribution in [0.25, 0.3) is 0 Å². The van der Waals surface area contributed by atoms with E-state index in [0.717, 1.165) is 0 Å². The first-order chi connectivity index (χ1) is 9.29. The molecule has 1 aromatic rings. The van der Waals surface area contributed by atoms with Gasteiger partial charge in [-0.15, -0.1) is 11.3 Å². The van der Waals surface area contributed by atoms with E-state index in [4.69, 9.17) is 5.73 Å². The summed E-state index contributed by atoms with van der Waals surface area (Å²) < 4.78 is 0. The summed E-state index contributed by atoms with van der Waals surface area (Å²) in [5, 5.41) is 13.1. The van der Waals surface area contributed by atoms with Crippen LogP contribution in [-0.2, 0) is 0 Å². The molecule has 0 aliphatic carbocycles. The molecular weight excluding hydrogens is 274 g/mol. The molecule has 20 heavy (non-hydrogen) atoms. The number of anilines is 2. The summed E-state index contributed by atoms with van der Waals surface area (Å²) in [6.07, 6.45) is 0. The fourth-order valence-corrected chi connectivity index (χ4v) is 2.56. The van der Waals surface area contributed by atoms with E-state index in [9.17, 15) is 10.1 Å². The SMILES string of the molecule is CC(CNc1sc(C(=O)N(C)C)c(N)c1C#N)N(C)C. The van der Waals surface area contributed by atoms with Crippen molar-refractivity contribution in [2.45, 2.75) is 13.0 Å². The molecule has 6 nitrogen and oxygen atoms in total. The largest absolute Gasteiger partial charge is 0.396 e. The van der Waals surface area contributed by atoms with Gasteiger partial charge in [-0.3, -0.25) is 4.79 Å². The highest BCUT2D eigenvalue weighted by Gasteiger charge is 2.22. The van der Waals surface area contributed by atoms with Gasteiger partial charge >= 0.3 is 0 Å². The third kappa shape index (κ3) is 3.40. The van der Waals surface area contributed by atoms with Crippen LogP contribution in [0.5, 0.6) is 0 Å². The molecule has 1 unspecified atom stereocenters. The van der Waals surface area contributed by atoms with Crippen LogP contribution in [0.2, 0.25) is 0 Å². The van der Waals surface area contributed by atoms with Gasteiger partial charge in [0.1, 0.15) is 21.5 Å². The van der Waals surface area contributed by atoms with Crippen molar-refractivity contribution < 1.29 is 4.79 Å². The molecule has 0 bridgehead atoms. The Hall–Kier alpha value is -1.78. The smallest absolute Gasteiger partial charge is 0.265 e. The molecule has 1 amide bonds. The van der Waals surface area contributed by atoms with E-state index in [1.54, 1.807) is 14.1 Å². The Morgan fingerprint density at radius 1 is 1.45 bits per heavy atom. The first kappa shape index (κ1) is 16.3. The Bertz CT molecular complexity index is 530. The van der Waals surface area contributed by atoms with Crippen molar-refractivity contribution in [3.05, 3.63) is 10.4 Å². The molecule has 1 heterocycles. The molecule has 0 radical (unpaired) electrons. The highest BCUT2D eigenvalue weighted by Crippen LogP contribution is 2.35. The van der Waals surface area contributed by atoms with Crippen LogP contribution < -0.4 is 11.1 Å². The standard InChI is InChI=1S/C13H21N5OS/c1-8(17(2)3)7-16-12-9(6-14)10(15)11(20-12)13(19)18(4)5/h8,16H,7,15H2,1-5H3. The van der Waals surface area contributed by atoms with E-state index < -0.39 is 0 Å². The van der Waals surface area contributed by atoms with Crippen molar-refractivity contribution in [2.24, 2.45) is 0 Å². The number of hydrogen-bond acceptors (Lipinski definition) is 6. The third-order valence-corrected chi connectivity index (χ3v) is 4.25. The molecule has 1 atom stereocenters. The fourth-order valence-electron chi connectivity index (χ4n) is 1.46. The summed E-state index contributed by atoms with van der Waals surface area (Å²) in [6, 6.07) is 2.37. The van der Waals surface area contributed by atoms with E-state index in [2.05, 4.69) is 23.2 Å². The van der Waals surface area contributed by atoms with Gasteiger partial charge in [0.15, 0.2) is 0 Å². The summed E-state index contributed by atoms with van der Waals surface area (Å²) >= 11 is 1.23. The topological polar surface area (TPSA) is 85.4 Å². The molecule has 110 valence electrons. The normalized spacial score (nSPS) is 12.1. The number of amides is 1. The average Bonchev–Trinajstić information content (AvgIpc) is 2.70. The maximum atomic E-state index is 12.0. The van der Waals surface area contributed by atoms with Gasteiger partial charge in [-0.05, 0) is 21.0 Å². The summed E-state index contributed by atoms with van der Waals surface area (Å²) in [7, 11) is 7.30. The first-order valence-electron chi connectivity index (χ1n) is 6.23. The lowest BCUT2D eigenvalue weighted by atomic mass is 10.2. The molecular formula is C13H21N5OS. The van der Waals surface area contributed by atoms with Crippen LogP contribution >= 0.6 is 11.3 Å². The van der Waals surface area contributed by atoms with Gasteiger partial charge in [0.2, 0.25) is 0 Å². The molecule has 0 saturated heterocycles. The highest BCUT2D eigenvalue weighted by atomic mass is 32.1. The number of likely N-dealkylation sites (N-methyl/N-ethyl adjacent to an activating group) is 1. The molecule has 0 aliphatic rings. The van der Waals surface area contributed by atoms with Crippen molar-refractivity contribution in [2.75, 3.05) is 45.8 Å². The lowest BCUT2D eigenvalue weighted by Crippen LogP contribution is -2.31. The highest BCUT2D eigenvalue weighted by molar-refractivity contribution is 7.18. The van der Waals surface area contributed by atoms with Crippen molar-refractivity contribution in [1.29, 1.82) is 5.26 Å². The number of rotatable bonds is 5. The molecule has 3 N–H and O–H groups in total. The zero-order valence-electron chi connectivity index (χ0n) is 12.5. The molecule has 0 fully saturated rings. The summed E-state index contributed by atoms with van der Waals surface area (Å²) in [6.45, 7) is 2.75. The van der Waals surface area contributed by atoms with E-state index in [1.807, 2.05) is 14.1 Å². The minimum Gasteiger partial charge on any atom is -0.396 e. The van der Waals surface area contributed by atoms with Crippen molar-refractivity contribution in [1.82, 2.24) is 9.80 Å². The van der Waals surface area contributed by atoms with E-state index >= 15 is 0 Å². The third-order valence-electron chi connectivity index (χ3n) is 3.10. The number of nitrogens with two attached hydrogens (primary N) is 1. The molecule has 0 aromatic carbocycles. The van der Waals surface area contributed by atoms with Crippen molar-refractivity contribution >= 4 is 27.9 Å².